The average Bonchev–Trinajstić information content (AvgIpc) is 2.13. The molecule has 0 aromatic carbocycles. The molecule has 7 heavy (non-hydrogen) atoms. The van der Waals surface area contributed by atoms with E-state index >= 15 is 0 Å². The lowest BCUT2D eigenvalue weighted by atomic mass is 10.2. The van der Waals surface area contributed by atoms with Crippen LogP contribution < -0.4 is 0 Å². The fourth-order valence-corrected chi connectivity index (χ4v) is 0.628. The molecule has 42 valence electrons. The smallest absolute Gasteiger partial charge is 0.0575 e. The Balaban J connectivity index is 2.30. The van der Waals surface area contributed by atoms with Crippen molar-refractivity contribution in [1.29, 1.82) is 0 Å². The Hall–Kier alpha value is -0.0800. The predicted molar refractivity (Wildman–Crippen MR) is 27.8 cm³/mol. The number of hydrogen-bond donors (Lipinski definition) is 0. The Morgan fingerprint density at radius 1 is 1.57 bits per heavy atom. The minimum atomic E-state index is 0.328. The van der Waals surface area contributed by atoms with Crippen molar-refractivity contribution >= 4 is 0 Å². The van der Waals surface area contributed by atoms with Gasteiger partial charge in [0.05, 0.1) is 12.6 Å². The van der Waals surface area contributed by atoms with E-state index in [1.165, 1.54) is 0 Å². The number of nitrogens with zero attached hydrogens (tertiary/aromatic N) is 1. The number of rotatable bonds is 1. The van der Waals surface area contributed by atoms with Crippen LogP contribution in [0.4, 0.5) is 0 Å². The van der Waals surface area contributed by atoms with E-state index in [1.54, 1.807) is 7.11 Å². The molecule has 0 N–H and O–H groups in total. The first-order chi connectivity index (χ1) is 3.17. The lowest BCUT2D eigenvalue weighted by Gasteiger charge is -1.99. The van der Waals surface area contributed by atoms with Gasteiger partial charge in [0.1, 0.15) is 0 Å². The zero-order valence-electron chi connectivity index (χ0n) is 5.06. The van der Waals surface area contributed by atoms with E-state index in [0.29, 0.717) is 5.54 Å². The molecule has 1 atom stereocenters. The Kier molecular flexibility index (Phi) is 0.869. The van der Waals surface area contributed by atoms with Gasteiger partial charge in [-0.1, -0.05) is 0 Å². The third-order valence-corrected chi connectivity index (χ3v) is 1.32. The maximum atomic E-state index is 4.91. The molecule has 0 spiro atoms. The van der Waals surface area contributed by atoms with E-state index in [4.69, 9.17) is 4.84 Å². The van der Waals surface area contributed by atoms with E-state index in [1.807, 2.05) is 5.06 Å². The van der Waals surface area contributed by atoms with Gasteiger partial charge < -0.3 is 4.84 Å². The number of hydroxylamine groups is 2. The molecule has 0 amide bonds. The molecule has 0 aromatic heterocycles. The molecule has 0 radical (unpaired) electrons. The summed E-state index contributed by atoms with van der Waals surface area (Å²) in [6, 6.07) is 0. The predicted octanol–water partition coefficient (Wildman–Crippen LogP) is 0.642. The van der Waals surface area contributed by atoms with Crippen molar-refractivity contribution < 1.29 is 4.84 Å². The first-order valence-corrected chi connectivity index (χ1v) is 2.48. The Morgan fingerprint density at radius 3 is 2.00 bits per heavy atom. The van der Waals surface area contributed by atoms with Gasteiger partial charge in [-0.25, -0.2) is 0 Å². The summed E-state index contributed by atoms with van der Waals surface area (Å²) in [5.74, 6) is 0. The normalized spacial score (nSPS) is 35.6. The van der Waals surface area contributed by atoms with E-state index in [9.17, 15) is 0 Å². The summed E-state index contributed by atoms with van der Waals surface area (Å²) >= 11 is 0. The minimum Gasteiger partial charge on any atom is -0.302 e. The molecule has 0 aromatic rings. The summed E-state index contributed by atoms with van der Waals surface area (Å²) in [6.07, 6.45) is 0. The van der Waals surface area contributed by atoms with Crippen LogP contribution in [0.25, 0.3) is 0 Å². The third kappa shape index (κ3) is 0.763. The monoisotopic (exact) mass is 101 g/mol. The average molecular weight is 101 g/mol. The second-order valence-electron chi connectivity index (χ2n) is 2.53. The molecule has 1 unspecified atom stereocenters. The molecule has 2 heteroatoms. The quantitative estimate of drug-likeness (QED) is 0.449. The standard InChI is InChI=1S/C5H11NO/c1-5(2)4-6(5)7-3/h4H2,1-3H3. The van der Waals surface area contributed by atoms with Crippen LogP contribution >= 0.6 is 0 Å². The maximum Gasteiger partial charge on any atom is 0.0575 e. The Bertz CT molecular complexity index is 80.1. The van der Waals surface area contributed by atoms with Gasteiger partial charge in [0.15, 0.2) is 0 Å². The van der Waals surface area contributed by atoms with Gasteiger partial charge >= 0.3 is 0 Å². The van der Waals surface area contributed by atoms with Gasteiger partial charge in [-0.05, 0) is 13.8 Å². The van der Waals surface area contributed by atoms with Crippen molar-refractivity contribution in [2.45, 2.75) is 19.4 Å². The van der Waals surface area contributed by atoms with Crippen LogP contribution in [0.3, 0.4) is 0 Å². The lowest BCUT2D eigenvalue weighted by Crippen LogP contribution is -2.06. The van der Waals surface area contributed by atoms with E-state index in [0.717, 1.165) is 6.54 Å². The van der Waals surface area contributed by atoms with Crippen molar-refractivity contribution in [2.75, 3.05) is 13.7 Å². The molecule has 1 aliphatic heterocycles. The second kappa shape index (κ2) is 1.20. The summed E-state index contributed by atoms with van der Waals surface area (Å²) in [4.78, 5) is 4.91. The summed E-state index contributed by atoms with van der Waals surface area (Å²) in [7, 11) is 1.70. The summed E-state index contributed by atoms with van der Waals surface area (Å²) in [6.45, 7) is 5.37. The molecule has 1 saturated heterocycles. The van der Waals surface area contributed by atoms with E-state index in [2.05, 4.69) is 13.8 Å². The van der Waals surface area contributed by atoms with Gasteiger partial charge in [-0.3, -0.25) is 0 Å². The summed E-state index contributed by atoms with van der Waals surface area (Å²) in [5, 5.41) is 1.94. The highest BCUT2D eigenvalue weighted by Crippen LogP contribution is 2.29. The van der Waals surface area contributed by atoms with Crippen molar-refractivity contribution in [2.24, 2.45) is 0 Å². The maximum absolute atomic E-state index is 4.91. The van der Waals surface area contributed by atoms with E-state index < -0.39 is 0 Å². The highest BCUT2D eigenvalue weighted by atomic mass is 16.7. The van der Waals surface area contributed by atoms with Gasteiger partial charge in [-0.2, -0.15) is 5.06 Å². The molecule has 1 heterocycles. The molecule has 1 fully saturated rings. The molecule has 1 rings (SSSR count). The molecular formula is C5H11NO. The molecular weight excluding hydrogens is 90.1 g/mol. The van der Waals surface area contributed by atoms with Crippen molar-refractivity contribution in [1.82, 2.24) is 5.06 Å². The fourth-order valence-electron chi connectivity index (χ4n) is 0.628. The first-order valence-electron chi connectivity index (χ1n) is 2.48. The lowest BCUT2D eigenvalue weighted by molar-refractivity contribution is -0.0509. The van der Waals surface area contributed by atoms with Gasteiger partial charge in [-0.15, -0.1) is 0 Å². The highest BCUT2D eigenvalue weighted by Gasteiger charge is 2.43. The van der Waals surface area contributed by atoms with Crippen LogP contribution in [0.15, 0.2) is 0 Å². The summed E-state index contributed by atoms with van der Waals surface area (Å²) in [5.41, 5.74) is 0.328. The fraction of sp³-hybridized carbons (Fsp3) is 1.00. The highest BCUT2D eigenvalue weighted by molar-refractivity contribution is 4.93. The van der Waals surface area contributed by atoms with Crippen molar-refractivity contribution in [3.8, 4) is 0 Å². The third-order valence-electron chi connectivity index (χ3n) is 1.32. The number of hydrogen-bond acceptors (Lipinski definition) is 2. The molecule has 0 aliphatic carbocycles. The minimum absolute atomic E-state index is 0.328. The topological polar surface area (TPSA) is 12.2 Å². The van der Waals surface area contributed by atoms with Crippen LogP contribution in [0.5, 0.6) is 0 Å². The van der Waals surface area contributed by atoms with Crippen LogP contribution in [-0.2, 0) is 4.84 Å². The van der Waals surface area contributed by atoms with Gasteiger partial charge in [0, 0.05) is 6.54 Å². The van der Waals surface area contributed by atoms with Crippen molar-refractivity contribution in [3.63, 3.8) is 0 Å². The molecule has 0 saturated carbocycles. The molecule has 0 bridgehead atoms. The van der Waals surface area contributed by atoms with Crippen LogP contribution in [0, 0.1) is 0 Å². The zero-order chi connectivity index (χ0) is 5.49. The Labute approximate surface area is 44.0 Å². The Morgan fingerprint density at radius 2 is 2.00 bits per heavy atom. The SMILES string of the molecule is CON1CC1(C)C. The zero-order valence-corrected chi connectivity index (χ0v) is 5.06. The largest absolute Gasteiger partial charge is 0.302 e. The van der Waals surface area contributed by atoms with Crippen LogP contribution in [0.1, 0.15) is 13.8 Å². The van der Waals surface area contributed by atoms with Crippen LogP contribution in [0.2, 0.25) is 0 Å². The molecule has 2 nitrogen and oxygen atoms in total. The summed E-state index contributed by atoms with van der Waals surface area (Å²) < 4.78 is 0. The second-order valence-corrected chi connectivity index (χ2v) is 2.53. The van der Waals surface area contributed by atoms with E-state index in [-0.39, 0.29) is 0 Å². The van der Waals surface area contributed by atoms with Crippen molar-refractivity contribution in [3.05, 3.63) is 0 Å². The van der Waals surface area contributed by atoms with Gasteiger partial charge in [0.25, 0.3) is 0 Å². The first kappa shape index (κ1) is 5.06. The molecule has 1 aliphatic rings. The van der Waals surface area contributed by atoms with Crippen LogP contribution in [-0.4, -0.2) is 24.3 Å². The van der Waals surface area contributed by atoms with Gasteiger partial charge in [0.2, 0.25) is 0 Å².